The van der Waals surface area contributed by atoms with Crippen molar-refractivity contribution in [3.05, 3.63) is 149 Å². The summed E-state index contributed by atoms with van der Waals surface area (Å²) in [6.45, 7) is 0. The summed E-state index contributed by atoms with van der Waals surface area (Å²) >= 11 is 0. The van der Waals surface area contributed by atoms with Crippen LogP contribution in [0.25, 0.3) is 0 Å². The third-order valence-corrected chi connectivity index (χ3v) is 10.0. The fraction of sp³-hybridized carbons (Fsp3) is 0.118. The summed E-state index contributed by atoms with van der Waals surface area (Å²) in [6, 6.07) is 36.0. The molecule has 0 fully saturated rings. The van der Waals surface area contributed by atoms with Crippen LogP contribution in [0.2, 0.25) is 0 Å². The van der Waals surface area contributed by atoms with Crippen LogP contribution in [0.4, 0.5) is 22.0 Å². The highest BCUT2D eigenvalue weighted by molar-refractivity contribution is 7.95. The molecular formula is C34H30BF5O5S2. The summed E-state index contributed by atoms with van der Waals surface area (Å²) in [5.41, 5.74) is 2.72. The van der Waals surface area contributed by atoms with E-state index in [4.69, 9.17) is 0 Å². The standard InChI is InChI=1S/2C14H14OS.C6BF5O3/c2*1-16(11-12-5-3-2-4-6-12)14-9-7-13(15)8-10-14;8-1-2(9)4(11)6(15-7(13)14)5(12)3(1)10/h2*2-10H,11H2,1H3;/q;;-2/p+2. The molecule has 5 rings (SSSR count). The van der Waals surface area contributed by atoms with Crippen molar-refractivity contribution < 1.29 is 46.9 Å². The van der Waals surface area contributed by atoms with Crippen LogP contribution in [0.5, 0.6) is 17.2 Å². The van der Waals surface area contributed by atoms with Gasteiger partial charge in [-0.1, -0.05) is 60.7 Å². The fourth-order valence-electron chi connectivity index (χ4n) is 3.96. The first-order valence-electron chi connectivity index (χ1n) is 13.8. The van der Waals surface area contributed by atoms with Crippen molar-refractivity contribution in [1.82, 2.24) is 0 Å². The summed E-state index contributed by atoms with van der Waals surface area (Å²) in [4.78, 5) is 2.59. The van der Waals surface area contributed by atoms with Crippen LogP contribution in [-0.4, -0.2) is 30.0 Å². The van der Waals surface area contributed by atoms with Gasteiger partial charge in [0.1, 0.15) is 42.8 Å². The zero-order valence-electron chi connectivity index (χ0n) is 25.2. The fourth-order valence-corrected chi connectivity index (χ4v) is 6.88. The molecule has 5 nitrogen and oxygen atoms in total. The van der Waals surface area contributed by atoms with Gasteiger partial charge in [0.2, 0.25) is 29.1 Å². The lowest BCUT2D eigenvalue weighted by Gasteiger charge is -2.27. The number of halogens is 5. The SMILES string of the molecule is C[S+](Cc1ccccc1)c1ccc(O)cc1.C[S+](Cc1ccccc1)c1ccc(O)cc1.[O-]B([O-])Oc1c(F)c(F)c(F)c(F)c1F. The molecule has 0 spiro atoms. The van der Waals surface area contributed by atoms with Crippen molar-refractivity contribution in [2.75, 3.05) is 12.5 Å². The maximum Gasteiger partial charge on any atom is 0.205 e. The molecule has 2 atom stereocenters. The molecule has 0 saturated carbocycles. The van der Waals surface area contributed by atoms with Gasteiger partial charge in [0, 0.05) is 32.9 Å². The van der Waals surface area contributed by atoms with E-state index >= 15 is 0 Å². The van der Waals surface area contributed by atoms with Crippen LogP contribution in [-0.2, 0) is 33.3 Å². The lowest BCUT2D eigenvalue weighted by molar-refractivity contribution is -0.372. The Labute approximate surface area is 275 Å². The van der Waals surface area contributed by atoms with Gasteiger partial charge >= 0.3 is 0 Å². The van der Waals surface area contributed by atoms with E-state index in [1.165, 1.54) is 20.9 Å². The van der Waals surface area contributed by atoms with Crippen molar-refractivity contribution >= 4 is 29.1 Å². The number of phenolic OH excluding ortho intramolecular Hbond substituents is 2. The van der Waals surface area contributed by atoms with E-state index in [-0.39, 0.29) is 21.8 Å². The first-order valence-corrected chi connectivity index (χ1v) is 17.4. The van der Waals surface area contributed by atoms with Crippen LogP contribution in [0.1, 0.15) is 11.1 Å². The molecule has 0 bridgehead atoms. The number of benzene rings is 5. The lowest BCUT2D eigenvalue weighted by atomic mass is 10.2. The van der Waals surface area contributed by atoms with E-state index in [9.17, 15) is 42.2 Å². The summed E-state index contributed by atoms with van der Waals surface area (Å²) in [7, 11) is -2.80. The van der Waals surface area contributed by atoms with Crippen molar-refractivity contribution in [1.29, 1.82) is 0 Å². The Kier molecular flexibility index (Phi) is 14.5. The second-order valence-electron chi connectivity index (χ2n) is 9.83. The third-order valence-electron chi connectivity index (χ3n) is 6.31. The minimum absolute atomic E-state index is 0.196. The van der Waals surface area contributed by atoms with Gasteiger partial charge in [-0.05, 0) is 48.5 Å². The smallest absolute Gasteiger partial charge is 0.205 e. The van der Waals surface area contributed by atoms with Crippen LogP contribution in [0, 0.1) is 29.1 Å². The minimum Gasteiger partial charge on any atom is -0.860 e. The van der Waals surface area contributed by atoms with Crippen LogP contribution < -0.4 is 14.7 Å². The van der Waals surface area contributed by atoms with Gasteiger partial charge in [-0.15, -0.1) is 0 Å². The van der Waals surface area contributed by atoms with Gasteiger partial charge in [-0.3, -0.25) is 0 Å². The zero-order valence-corrected chi connectivity index (χ0v) is 26.8. The van der Waals surface area contributed by atoms with Crippen LogP contribution >= 0.6 is 0 Å². The predicted octanol–water partition coefficient (Wildman–Crippen LogP) is 5.87. The summed E-state index contributed by atoms with van der Waals surface area (Å²) in [6.07, 6.45) is 4.47. The quantitative estimate of drug-likeness (QED) is 0.0700. The third kappa shape index (κ3) is 11.5. The molecule has 0 heterocycles. The van der Waals surface area contributed by atoms with Gasteiger partial charge in [0.05, 0.1) is 0 Å². The first kappa shape index (κ1) is 37.3. The molecule has 0 aliphatic heterocycles. The van der Waals surface area contributed by atoms with E-state index in [1.54, 1.807) is 24.3 Å². The topological polar surface area (TPSA) is 95.8 Å². The Morgan fingerprint density at radius 1 is 0.532 bits per heavy atom. The number of aromatic hydroxyl groups is 2. The molecule has 0 aromatic heterocycles. The number of hydrogen-bond acceptors (Lipinski definition) is 5. The molecule has 2 unspecified atom stereocenters. The van der Waals surface area contributed by atoms with E-state index in [2.05, 4.69) is 65.7 Å². The van der Waals surface area contributed by atoms with Crippen molar-refractivity contribution in [3.8, 4) is 17.2 Å². The van der Waals surface area contributed by atoms with E-state index in [0.29, 0.717) is 11.5 Å². The number of phenols is 2. The highest BCUT2D eigenvalue weighted by Gasteiger charge is 2.26. The average Bonchev–Trinajstić information content (AvgIpc) is 3.07. The van der Waals surface area contributed by atoms with Crippen molar-refractivity contribution in [2.45, 2.75) is 21.3 Å². The van der Waals surface area contributed by atoms with E-state index in [0.717, 1.165) is 11.5 Å². The first-order chi connectivity index (χ1) is 22.4. The minimum atomic E-state index is -3.20. The highest BCUT2D eigenvalue weighted by Crippen LogP contribution is 2.29. The Morgan fingerprint density at radius 2 is 0.851 bits per heavy atom. The Bertz CT molecular complexity index is 1570. The van der Waals surface area contributed by atoms with Gasteiger partial charge in [-0.25, -0.2) is 13.2 Å². The summed E-state index contributed by atoms with van der Waals surface area (Å²) in [5.74, 6) is -10.8. The van der Waals surface area contributed by atoms with Gasteiger partial charge in [-0.2, -0.15) is 8.78 Å². The van der Waals surface area contributed by atoms with Gasteiger partial charge in [0.15, 0.2) is 15.5 Å². The van der Waals surface area contributed by atoms with Crippen molar-refractivity contribution in [2.24, 2.45) is 0 Å². The largest absolute Gasteiger partial charge is 0.860 e. The molecule has 0 saturated heterocycles. The average molecular weight is 689 g/mol. The molecule has 0 radical (unpaired) electrons. The molecule has 2 N–H and O–H groups in total. The predicted molar refractivity (Wildman–Crippen MR) is 172 cm³/mol. The molecule has 0 aliphatic carbocycles. The molecule has 246 valence electrons. The highest BCUT2D eigenvalue weighted by atomic mass is 32.2. The van der Waals surface area contributed by atoms with Crippen LogP contribution in [0.3, 0.4) is 0 Å². The van der Waals surface area contributed by atoms with Crippen molar-refractivity contribution in [3.63, 3.8) is 0 Å². The molecule has 0 amide bonds. The molecule has 5 aromatic rings. The molecule has 13 heteroatoms. The monoisotopic (exact) mass is 688 g/mol. The summed E-state index contributed by atoms with van der Waals surface area (Å²) in [5, 5.41) is 38.2. The second-order valence-corrected chi connectivity index (χ2v) is 13.9. The Morgan fingerprint density at radius 3 is 1.17 bits per heavy atom. The second kappa shape index (κ2) is 18.2. The Balaban J connectivity index is 0.000000192. The molecule has 5 aromatic carbocycles. The Hall–Kier alpha value is -4.17. The summed E-state index contributed by atoms with van der Waals surface area (Å²) < 4.78 is 65.9. The maximum atomic E-state index is 12.6. The number of hydrogen-bond donors (Lipinski definition) is 2. The zero-order chi connectivity index (χ0) is 34.5. The van der Waals surface area contributed by atoms with E-state index in [1.807, 2.05) is 36.4 Å². The molecule has 0 aliphatic rings. The molecular weight excluding hydrogens is 658 g/mol. The normalized spacial score (nSPS) is 11.7. The molecule has 47 heavy (non-hydrogen) atoms. The lowest BCUT2D eigenvalue weighted by Crippen LogP contribution is -2.50. The van der Waals surface area contributed by atoms with Crippen LogP contribution in [0.15, 0.2) is 119 Å². The maximum absolute atomic E-state index is 12.6. The van der Waals surface area contributed by atoms with Gasteiger partial charge in [0.25, 0.3) is 0 Å². The number of rotatable bonds is 8. The van der Waals surface area contributed by atoms with E-state index < -0.39 is 42.2 Å². The van der Waals surface area contributed by atoms with Gasteiger partial charge < -0.3 is 24.9 Å².